The molecule has 1 aromatic carbocycles. The zero-order valence-corrected chi connectivity index (χ0v) is 10.9. The van der Waals surface area contributed by atoms with E-state index >= 15 is 0 Å². The molecule has 100 valence electrons. The van der Waals surface area contributed by atoms with E-state index in [2.05, 4.69) is 0 Å². The first-order valence-electron chi connectivity index (χ1n) is 6.30. The number of benzene rings is 1. The monoisotopic (exact) mass is 253 g/mol. The lowest BCUT2D eigenvalue weighted by atomic mass is 9.84. The van der Waals surface area contributed by atoms with Crippen molar-refractivity contribution >= 4 is 0 Å². The minimum Gasteiger partial charge on any atom is -0.496 e. The van der Waals surface area contributed by atoms with Gasteiger partial charge in [-0.1, -0.05) is 0 Å². The molecule has 4 heteroatoms. The van der Waals surface area contributed by atoms with Gasteiger partial charge in [0.2, 0.25) is 0 Å². The molecule has 0 amide bonds. The molecule has 1 aromatic rings. The molecule has 3 nitrogen and oxygen atoms in total. The molecule has 2 unspecified atom stereocenters. The van der Waals surface area contributed by atoms with Gasteiger partial charge in [-0.3, -0.25) is 0 Å². The fraction of sp³-hybridized carbons (Fsp3) is 0.571. The molecule has 0 aromatic heterocycles. The van der Waals surface area contributed by atoms with Gasteiger partial charge in [0, 0.05) is 12.2 Å². The SMILES string of the molecule is COc1ccc(F)cc1C(N)C1(C)CCCCO1. The van der Waals surface area contributed by atoms with Crippen molar-refractivity contribution < 1.29 is 13.9 Å². The lowest BCUT2D eigenvalue weighted by Crippen LogP contribution is -2.43. The zero-order chi connectivity index (χ0) is 13.2. The molecular formula is C14H20FNO2. The molecule has 18 heavy (non-hydrogen) atoms. The Labute approximate surface area is 107 Å². The van der Waals surface area contributed by atoms with Crippen LogP contribution in [-0.4, -0.2) is 19.3 Å². The molecule has 2 atom stereocenters. The van der Waals surface area contributed by atoms with Crippen molar-refractivity contribution in [1.82, 2.24) is 0 Å². The van der Waals surface area contributed by atoms with Gasteiger partial charge in [-0.2, -0.15) is 0 Å². The number of rotatable bonds is 3. The first kappa shape index (κ1) is 13.3. The van der Waals surface area contributed by atoms with Crippen molar-refractivity contribution in [3.8, 4) is 5.75 Å². The van der Waals surface area contributed by atoms with Crippen LogP contribution in [0.15, 0.2) is 18.2 Å². The zero-order valence-electron chi connectivity index (χ0n) is 10.9. The van der Waals surface area contributed by atoms with Crippen LogP contribution in [0.4, 0.5) is 4.39 Å². The Kier molecular flexibility index (Phi) is 3.88. The third-order valence-corrected chi connectivity index (χ3v) is 3.68. The maximum atomic E-state index is 13.4. The van der Waals surface area contributed by atoms with Gasteiger partial charge in [0.1, 0.15) is 11.6 Å². The van der Waals surface area contributed by atoms with Crippen LogP contribution < -0.4 is 10.5 Å². The summed E-state index contributed by atoms with van der Waals surface area (Å²) in [5, 5.41) is 0. The van der Waals surface area contributed by atoms with E-state index in [4.69, 9.17) is 15.2 Å². The Morgan fingerprint density at radius 1 is 1.44 bits per heavy atom. The van der Waals surface area contributed by atoms with E-state index in [9.17, 15) is 4.39 Å². The van der Waals surface area contributed by atoms with E-state index in [-0.39, 0.29) is 11.9 Å². The molecule has 2 rings (SSSR count). The average molecular weight is 253 g/mol. The van der Waals surface area contributed by atoms with Crippen molar-refractivity contribution in [3.05, 3.63) is 29.6 Å². The highest BCUT2D eigenvalue weighted by Gasteiger charge is 2.37. The highest BCUT2D eigenvalue weighted by atomic mass is 19.1. The molecule has 0 spiro atoms. The quantitative estimate of drug-likeness (QED) is 0.900. The molecule has 1 heterocycles. The van der Waals surface area contributed by atoms with Gasteiger partial charge in [-0.05, 0) is 44.4 Å². The highest BCUT2D eigenvalue weighted by molar-refractivity contribution is 5.37. The van der Waals surface area contributed by atoms with Gasteiger partial charge in [0.05, 0.1) is 18.8 Å². The fourth-order valence-corrected chi connectivity index (χ4v) is 2.48. The summed E-state index contributed by atoms with van der Waals surface area (Å²) in [6.45, 7) is 2.70. The molecule has 1 aliphatic rings. The maximum absolute atomic E-state index is 13.4. The average Bonchev–Trinajstić information content (AvgIpc) is 2.38. The van der Waals surface area contributed by atoms with Crippen LogP contribution in [0.5, 0.6) is 5.75 Å². The smallest absolute Gasteiger partial charge is 0.123 e. The summed E-state index contributed by atoms with van der Waals surface area (Å²) in [6, 6.07) is 4.03. The molecule has 1 aliphatic heterocycles. The second kappa shape index (κ2) is 5.24. The minimum atomic E-state index is -0.445. The van der Waals surface area contributed by atoms with Crippen molar-refractivity contribution in [1.29, 1.82) is 0 Å². The molecule has 0 bridgehead atoms. The lowest BCUT2D eigenvalue weighted by Gasteiger charge is -2.39. The van der Waals surface area contributed by atoms with Gasteiger partial charge < -0.3 is 15.2 Å². The van der Waals surface area contributed by atoms with Crippen molar-refractivity contribution in [2.45, 2.75) is 37.8 Å². The van der Waals surface area contributed by atoms with Crippen molar-refractivity contribution in [2.75, 3.05) is 13.7 Å². The lowest BCUT2D eigenvalue weighted by molar-refractivity contribution is -0.0824. The number of methoxy groups -OCH3 is 1. The third-order valence-electron chi connectivity index (χ3n) is 3.68. The van der Waals surface area contributed by atoms with Crippen LogP contribution in [0.2, 0.25) is 0 Å². The van der Waals surface area contributed by atoms with E-state index in [1.807, 2.05) is 6.92 Å². The number of hydrogen-bond donors (Lipinski definition) is 1. The van der Waals surface area contributed by atoms with E-state index < -0.39 is 5.60 Å². The summed E-state index contributed by atoms with van der Waals surface area (Å²) in [5.41, 5.74) is 6.50. The first-order valence-corrected chi connectivity index (χ1v) is 6.30. The number of hydrogen-bond acceptors (Lipinski definition) is 3. The normalized spacial score (nSPS) is 25.8. The molecule has 0 radical (unpaired) electrons. The molecule has 1 fully saturated rings. The highest BCUT2D eigenvalue weighted by Crippen LogP contribution is 2.38. The Morgan fingerprint density at radius 2 is 2.22 bits per heavy atom. The summed E-state index contributed by atoms with van der Waals surface area (Å²) in [5.74, 6) is 0.306. The minimum absolute atomic E-state index is 0.305. The van der Waals surface area contributed by atoms with Crippen molar-refractivity contribution in [2.24, 2.45) is 5.73 Å². The molecule has 2 N–H and O–H groups in total. The van der Waals surface area contributed by atoms with E-state index in [1.54, 1.807) is 13.2 Å². The molecule has 0 aliphatic carbocycles. The number of ether oxygens (including phenoxy) is 2. The largest absolute Gasteiger partial charge is 0.496 e. The van der Waals surface area contributed by atoms with Gasteiger partial charge in [-0.15, -0.1) is 0 Å². The standard InChI is InChI=1S/C14H20FNO2/c1-14(7-3-4-8-18-14)13(16)11-9-10(15)5-6-12(11)17-2/h5-6,9,13H,3-4,7-8,16H2,1-2H3. The van der Waals surface area contributed by atoms with Gasteiger partial charge in [0.25, 0.3) is 0 Å². The van der Waals surface area contributed by atoms with E-state index in [0.717, 1.165) is 19.3 Å². The molecular weight excluding hydrogens is 233 g/mol. The second-order valence-corrected chi connectivity index (χ2v) is 4.98. The number of nitrogens with two attached hydrogens (primary N) is 1. The molecule has 1 saturated heterocycles. The Balaban J connectivity index is 2.32. The van der Waals surface area contributed by atoms with Crippen LogP contribution in [0, 0.1) is 5.82 Å². The van der Waals surface area contributed by atoms with Crippen LogP contribution in [-0.2, 0) is 4.74 Å². The van der Waals surface area contributed by atoms with Crippen LogP contribution in [0.1, 0.15) is 37.8 Å². The maximum Gasteiger partial charge on any atom is 0.123 e. The van der Waals surface area contributed by atoms with E-state index in [1.165, 1.54) is 12.1 Å². The Hall–Kier alpha value is -1.13. The predicted molar refractivity (Wildman–Crippen MR) is 68.1 cm³/mol. The Bertz CT molecular complexity index is 416. The van der Waals surface area contributed by atoms with Gasteiger partial charge in [-0.25, -0.2) is 4.39 Å². The fourth-order valence-electron chi connectivity index (χ4n) is 2.48. The summed E-state index contributed by atoms with van der Waals surface area (Å²) < 4.78 is 24.5. The number of halogens is 1. The van der Waals surface area contributed by atoms with Crippen LogP contribution in [0.3, 0.4) is 0 Å². The van der Waals surface area contributed by atoms with Gasteiger partial charge in [0.15, 0.2) is 0 Å². The van der Waals surface area contributed by atoms with Crippen molar-refractivity contribution in [3.63, 3.8) is 0 Å². The predicted octanol–water partition coefficient (Wildman–Crippen LogP) is 2.79. The van der Waals surface area contributed by atoms with E-state index in [0.29, 0.717) is 17.9 Å². The summed E-state index contributed by atoms with van der Waals surface area (Å²) in [7, 11) is 1.56. The summed E-state index contributed by atoms with van der Waals surface area (Å²) in [4.78, 5) is 0. The third kappa shape index (κ3) is 2.49. The van der Waals surface area contributed by atoms with Crippen LogP contribution >= 0.6 is 0 Å². The summed E-state index contributed by atoms with van der Waals surface area (Å²) >= 11 is 0. The summed E-state index contributed by atoms with van der Waals surface area (Å²) in [6.07, 6.45) is 3.03. The first-order chi connectivity index (χ1) is 8.57. The Morgan fingerprint density at radius 3 is 2.83 bits per heavy atom. The van der Waals surface area contributed by atoms with Gasteiger partial charge >= 0.3 is 0 Å². The van der Waals surface area contributed by atoms with Crippen LogP contribution in [0.25, 0.3) is 0 Å². The topological polar surface area (TPSA) is 44.5 Å². The molecule has 0 saturated carbocycles. The second-order valence-electron chi connectivity index (χ2n) is 4.98.